The molecule has 0 saturated heterocycles. The quantitative estimate of drug-likeness (QED) is 0.181. The fourth-order valence-corrected chi connectivity index (χ4v) is 3.43. The number of hydrogen-bond donors (Lipinski definition) is 1. The molecule has 0 unspecified atom stereocenters. The average Bonchev–Trinajstić information content (AvgIpc) is 2.65. The van der Waals surface area contributed by atoms with E-state index < -0.39 is 0 Å². The summed E-state index contributed by atoms with van der Waals surface area (Å²) in [5.74, 6) is -0.153. The Balaban J connectivity index is 0. The molecule has 0 atom stereocenters. The molecule has 0 aromatic carbocycles. The van der Waals surface area contributed by atoms with E-state index in [-0.39, 0.29) is 5.91 Å². The van der Waals surface area contributed by atoms with Crippen LogP contribution in [0.25, 0.3) is 0 Å². The van der Waals surface area contributed by atoms with Crippen molar-refractivity contribution in [2.24, 2.45) is 5.73 Å². The van der Waals surface area contributed by atoms with Gasteiger partial charge in [0.15, 0.2) is 0 Å². The lowest BCUT2D eigenvalue weighted by atomic mass is 10.0. The molecule has 0 aliphatic heterocycles. The van der Waals surface area contributed by atoms with Gasteiger partial charge in [-0.15, -0.1) is 0 Å². The van der Waals surface area contributed by atoms with Gasteiger partial charge in [0.1, 0.15) is 0 Å². The molecule has 3 heteroatoms. The molecule has 3 nitrogen and oxygen atoms in total. The fourth-order valence-electron chi connectivity index (χ4n) is 3.43. The third-order valence-corrected chi connectivity index (χ3v) is 5.71. The zero-order valence-electron chi connectivity index (χ0n) is 20.4. The van der Waals surface area contributed by atoms with Gasteiger partial charge in [0.05, 0.1) is 27.2 Å². The first-order chi connectivity index (χ1) is 13.4. The van der Waals surface area contributed by atoms with Crippen LogP contribution in [-0.2, 0) is 4.79 Å². The standard InChI is InChI=1S/C18H37NO.C7H18N/c1-2-3-4-5-6-7-8-9-10-11-12-13-14-15-16-17-18(19)20;1-5-7-8(3,4)6-2/h2-17H2,1H3,(H2,19,20);5-7H2,1-4H3/q;+1. The molecule has 0 fully saturated rings. The molecule has 0 aromatic rings. The number of amides is 1. The zero-order chi connectivity index (χ0) is 21.5. The van der Waals surface area contributed by atoms with E-state index >= 15 is 0 Å². The number of carbonyl (C=O) groups excluding carboxylic acids is 1. The van der Waals surface area contributed by atoms with E-state index in [0.717, 1.165) is 10.9 Å². The highest BCUT2D eigenvalue weighted by molar-refractivity contribution is 5.73. The molecule has 0 bridgehead atoms. The minimum absolute atomic E-state index is 0.153. The Morgan fingerprint density at radius 2 is 0.964 bits per heavy atom. The molecular weight excluding hydrogens is 344 g/mol. The van der Waals surface area contributed by atoms with Crippen LogP contribution in [0.5, 0.6) is 0 Å². The molecule has 170 valence electrons. The predicted molar refractivity (Wildman–Crippen MR) is 127 cm³/mol. The van der Waals surface area contributed by atoms with E-state index in [1.165, 1.54) is 109 Å². The zero-order valence-corrected chi connectivity index (χ0v) is 20.4. The number of carbonyl (C=O) groups is 1. The Hall–Kier alpha value is -0.570. The highest BCUT2D eigenvalue weighted by Gasteiger charge is 2.07. The summed E-state index contributed by atoms with van der Waals surface area (Å²) in [7, 11) is 4.53. The monoisotopic (exact) mass is 399 g/mol. The molecule has 0 heterocycles. The average molecular weight is 400 g/mol. The molecule has 0 aliphatic carbocycles. The summed E-state index contributed by atoms with van der Waals surface area (Å²) in [6.07, 6.45) is 22.2. The van der Waals surface area contributed by atoms with Crippen molar-refractivity contribution in [1.82, 2.24) is 0 Å². The molecule has 0 rings (SSSR count). The van der Waals surface area contributed by atoms with Crippen molar-refractivity contribution in [3.8, 4) is 0 Å². The second kappa shape index (κ2) is 22.7. The Kier molecular flexibility index (Phi) is 24.0. The maximum atomic E-state index is 10.6. The summed E-state index contributed by atoms with van der Waals surface area (Å²) in [4.78, 5) is 10.6. The van der Waals surface area contributed by atoms with Gasteiger partial charge in [-0.2, -0.15) is 0 Å². The third-order valence-electron chi connectivity index (χ3n) is 5.71. The third kappa shape index (κ3) is 27.6. The summed E-state index contributed by atoms with van der Waals surface area (Å²) in [6, 6.07) is 0. The van der Waals surface area contributed by atoms with Crippen molar-refractivity contribution in [2.75, 3.05) is 27.2 Å². The van der Waals surface area contributed by atoms with Gasteiger partial charge >= 0.3 is 0 Å². The van der Waals surface area contributed by atoms with Crippen LogP contribution in [-0.4, -0.2) is 37.6 Å². The Morgan fingerprint density at radius 1 is 0.607 bits per heavy atom. The van der Waals surface area contributed by atoms with Gasteiger partial charge in [-0.25, -0.2) is 0 Å². The lowest BCUT2D eigenvalue weighted by Gasteiger charge is -2.27. The van der Waals surface area contributed by atoms with Gasteiger partial charge < -0.3 is 10.2 Å². The van der Waals surface area contributed by atoms with Crippen LogP contribution in [0.1, 0.15) is 130 Å². The molecule has 1 amide bonds. The molecule has 0 spiro atoms. The van der Waals surface area contributed by atoms with E-state index in [1.54, 1.807) is 0 Å². The summed E-state index contributed by atoms with van der Waals surface area (Å²) in [5, 5.41) is 0. The maximum Gasteiger partial charge on any atom is 0.217 e. The molecular formula is C25H55N2O+. The van der Waals surface area contributed by atoms with Gasteiger partial charge in [-0.3, -0.25) is 4.79 Å². The van der Waals surface area contributed by atoms with E-state index in [2.05, 4.69) is 34.9 Å². The minimum atomic E-state index is -0.153. The van der Waals surface area contributed by atoms with Gasteiger partial charge in [-0.1, -0.05) is 104 Å². The Morgan fingerprint density at radius 3 is 1.21 bits per heavy atom. The van der Waals surface area contributed by atoms with E-state index in [0.29, 0.717) is 6.42 Å². The van der Waals surface area contributed by atoms with Crippen LogP contribution >= 0.6 is 0 Å². The SMILES string of the molecule is CCCCCCCCCCCCCCCCCC(N)=O.CCC[N+](C)(C)CC. The smallest absolute Gasteiger partial charge is 0.217 e. The number of hydrogen-bond acceptors (Lipinski definition) is 1. The molecule has 0 aliphatic rings. The number of quaternary nitrogens is 1. The lowest BCUT2D eigenvalue weighted by molar-refractivity contribution is -0.888. The second-order valence-electron chi connectivity index (χ2n) is 9.14. The van der Waals surface area contributed by atoms with Gasteiger partial charge in [0.25, 0.3) is 0 Å². The topological polar surface area (TPSA) is 43.1 Å². The van der Waals surface area contributed by atoms with Crippen molar-refractivity contribution in [1.29, 1.82) is 0 Å². The van der Waals surface area contributed by atoms with Crippen LogP contribution in [0.15, 0.2) is 0 Å². The Labute approximate surface area is 178 Å². The highest BCUT2D eigenvalue weighted by Crippen LogP contribution is 2.13. The van der Waals surface area contributed by atoms with Gasteiger partial charge in [0.2, 0.25) is 5.91 Å². The van der Waals surface area contributed by atoms with Crippen molar-refractivity contribution in [2.45, 2.75) is 130 Å². The molecule has 0 radical (unpaired) electrons. The molecule has 0 saturated carbocycles. The van der Waals surface area contributed by atoms with E-state index in [4.69, 9.17) is 5.73 Å². The largest absolute Gasteiger partial charge is 0.370 e. The fraction of sp³-hybridized carbons (Fsp3) is 0.960. The number of nitrogens with zero attached hydrogens (tertiary/aromatic N) is 1. The maximum absolute atomic E-state index is 10.6. The van der Waals surface area contributed by atoms with Crippen LogP contribution < -0.4 is 5.73 Å². The molecule has 2 N–H and O–H groups in total. The number of unbranched alkanes of at least 4 members (excludes halogenated alkanes) is 14. The van der Waals surface area contributed by atoms with Crippen molar-refractivity contribution < 1.29 is 9.28 Å². The van der Waals surface area contributed by atoms with Crippen LogP contribution in [0, 0.1) is 0 Å². The van der Waals surface area contributed by atoms with Crippen molar-refractivity contribution in [3.63, 3.8) is 0 Å². The van der Waals surface area contributed by atoms with Crippen molar-refractivity contribution >= 4 is 5.91 Å². The van der Waals surface area contributed by atoms with Gasteiger partial charge in [0, 0.05) is 6.42 Å². The highest BCUT2D eigenvalue weighted by atomic mass is 16.1. The van der Waals surface area contributed by atoms with Gasteiger partial charge in [-0.05, 0) is 19.8 Å². The first kappa shape index (κ1) is 29.6. The van der Waals surface area contributed by atoms with Crippen molar-refractivity contribution in [3.05, 3.63) is 0 Å². The summed E-state index contributed by atoms with van der Waals surface area (Å²) in [5.41, 5.74) is 5.11. The Bertz CT molecular complexity index is 316. The molecule has 28 heavy (non-hydrogen) atoms. The summed E-state index contributed by atoms with van der Waals surface area (Å²) >= 11 is 0. The van der Waals surface area contributed by atoms with Crippen LogP contribution in [0.3, 0.4) is 0 Å². The molecule has 0 aromatic heterocycles. The first-order valence-electron chi connectivity index (χ1n) is 12.5. The van der Waals surface area contributed by atoms with Crippen LogP contribution in [0.4, 0.5) is 0 Å². The minimum Gasteiger partial charge on any atom is -0.370 e. The van der Waals surface area contributed by atoms with Crippen LogP contribution in [0.2, 0.25) is 0 Å². The van der Waals surface area contributed by atoms with E-state index in [9.17, 15) is 4.79 Å². The summed E-state index contributed by atoms with van der Waals surface area (Å²) < 4.78 is 1.16. The predicted octanol–water partition coefficient (Wildman–Crippen LogP) is 7.23. The summed E-state index contributed by atoms with van der Waals surface area (Å²) in [6.45, 7) is 9.29. The number of rotatable bonds is 19. The van der Waals surface area contributed by atoms with E-state index in [1.807, 2.05) is 0 Å². The number of nitrogens with two attached hydrogens (primary N) is 1. The number of primary amides is 1. The second-order valence-corrected chi connectivity index (χ2v) is 9.14. The first-order valence-corrected chi connectivity index (χ1v) is 12.5. The normalized spacial score (nSPS) is 11.2. The lowest BCUT2D eigenvalue weighted by Crippen LogP contribution is -2.39.